The van der Waals surface area contributed by atoms with E-state index in [-0.39, 0.29) is 5.54 Å². The summed E-state index contributed by atoms with van der Waals surface area (Å²) >= 11 is 7.06. The van der Waals surface area contributed by atoms with E-state index in [0.717, 1.165) is 0 Å². The minimum absolute atomic E-state index is 0.255. The highest BCUT2D eigenvalue weighted by Crippen LogP contribution is 2.40. The average Bonchev–Trinajstić information content (AvgIpc) is 2.61. The third-order valence-corrected chi connectivity index (χ3v) is 7.60. The van der Waals surface area contributed by atoms with Crippen LogP contribution >= 0.6 is 11.1 Å². The monoisotopic (exact) mass is 360 g/mol. The molecule has 0 heterocycles. The minimum Gasteiger partial charge on any atom is -0.167 e. The van der Waals surface area contributed by atoms with E-state index in [9.17, 15) is 0 Å². The Bertz CT molecular complexity index is 1040. The summed E-state index contributed by atoms with van der Waals surface area (Å²) in [5.74, 6) is 0. The standard InChI is InChI=1S/C23H21ClSi/c1-25(2,24)23(20-15-14-17-8-3-4-10-19(17)16-20)22-13-7-11-18-9-5-6-12-21(18)22/h3-16,23H,1-2H3. The molecule has 2 heteroatoms. The van der Waals surface area contributed by atoms with Crippen molar-refractivity contribution in [2.24, 2.45) is 0 Å². The van der Waals surface area contributed by atoms with E-state index in [2.05, 4.69) is 98.0 Å². The van der Waals surface area contributed by atoms with Crippen molar-refractivity contribution in [1.82, 2.24) is 0 Å². The fourth-order valence-electron chi connectivity index (χ4n) is 3.84. The molecule has 0 aromatic heterocycles. The summed E-state index contributed by atoms with van der Waals surface area (Å²) in [5.41, 5.74) is 2.92. The zero-order valence-corrected chi connectivity index (χ0v) is 16.3. The molecule has 0 bridgehead atoms. The molecule has 0 aliphatic carbocycles. The van der Waals surface area contributed by atoms with Crippen LogP contribution in [0, 0.1) is 0 Å². The number of halogens is 1. The Kier molecular flexibility index (Phi) is 4.14. The van der Waals surface area contributed by atoms with Gasteiger partial charge in [0.2, 0.25) is 0 Å². The maximum Gasteiger partial charge on any atom is 0.162 e. The number of hydrogen-bond donors (Lipinski definition) is 0. The maximum absolute atomic E-state index is 7.06. The molecule has 1 atom stereocenters. The molecule has 4 aromatic rings. The predicted molar refractivity (Wildman–Crippen MR) is 113 cm³/mol. The van der Waals surface area contributed by atoms with Gasteiger partial charge >= 0.3 is 0 Å². The number of rotatable bonds is 3. The Morgan fingerprint density at radius 3 is 2.08 bits per heavy atom. The Morgan fingerprint density at radius 2 is 1.32 bits per heavy atom. The average molecular weight is 361 g/mol. The fourth-order valence-corrected chi connectivity index (χ4v) is 6.53. The van der Waals surface area contributed by atoms with E-state index in [1.54, 1.807) is 0 Å². The molecule has 0 amide bonds. The molecule has 0 aliphatic rings. The van der Waals surface area contributed by atoms with Crippen LogP contribution in [0.15, 0.2) is 84.9 Å². The Hall–Kier alpha value is -2.09. The number of benzene rings is 4. The fraction of sp³-hybridized carbons (Fsp3) is 0.130. The molecule has 0 nitrogen and oxygen atoms in total. The molecule has 0 fully saturated rings. The molecule has 0 N–H and O–H groups in total. The first kappa shape index (κ1) is 16.4. The van der Waals surface area contributed by atoms with Crippen molar-refractivity contribution < 1.29 is 0 Å². The molecule has 0 saturated carbocycles. The van der Waals surface area contributed by atoms with E-state index in [1.807, 2.05) is 0 Å². The van der Waals surface area contributed by atoms with Gasteiger partial charge in [0.05, 0.1) is 0 Å². The Labute approximate surface area is 154 Å². The van der Waals surface area contributed by atoms with Gasteiger partial charge in [-0.3, -0.25) is 0 Å². The van der Waals surface area contributed by atoms with Crippen LogP contribution in [-0.2, 0) is 0 Å². The van der Waals surface area contributed by atoms with E-state index < -0.39 is 7.38 Å². The van der Waals surface area contributed by atoms with Crippen LogP contribution in [0.5, 0.6) is 0 Å². The first-order chi connectivity index (χ1) is 12.0. The molecule has 4 rings (SSSR count). The van der Waals surface area contributed by atoms with E-state index in [4.69, 9.17) is 11.1 Å². The third kappa shape index (κ3) is 3.10. The van der Waals surface area contributed by atoms with E-state index >= 15 is 0 Å². The predicted octanol–water partition coefficient (Wildman–Crippen LogP) is 7.11. The molecule has 25 heavy (non-hydrogen) atoms. The molecule has 0 saturated heterocycles. The molecular formula is C23H21ClSi. The summed E-state index contributed by atoms with van der Waals surface area (Å²) in [7, 11) is -2.00. The van der Waals surface area contributed by atoms with Gasteiger partial charge in [-0.2, -0.15) is 11.1 Å². The summed E-state index contributed by atoms with van der Waals surface area (Å²) in [6.07, 6.45) is 0. The molecule has 0 aliphatic heterocycles. The zero-order valence-electron chi connectivity index (χ0n) is 14.5. The van der Waals surface area contributed by atoms with Crippen LogP contribution in [0.2, 0.25) is 13.1 Å². The normalized spacial score (nSPS) is 13.2. The van der Waals surface area contributed by atoms with Crippen LogP contribution in [0.1, 0.15) is 16.7 Å². The Balaban J connectivity index is 1.96. The van der Waals surface area contributed by atoms with Crippen LogP contribution in [0.4, 0.5) is 0 Å². The summed E-state index contributed by atoms with van der Waals surface area (Å²) < 4.78 is 0. The third-order valence-electron chi connectivity index (χ3n) is 4.93. The first-order valence-electron chi connectivity index (χ1n) is 8.69. The topological polar surface area (TPSA) is 0 Å². The quantitative estimate of drug-likeness (QED) is 0.270. The highest BCUT2D eigenvalue weighted by Gasteiger charge is 2.33. The number of fused-ring (bicyclic) bond motifs is 2. The maximum atomic E-state index is 7.06. The van der Waals surface area contributed by atoms with Gasteiger partial charge in [0.25, 0.3) is 0 Å². The van der Waals surface area contributed by atoms with Crippen molar-refractivity contribution in [1.29, 1.82) is 0 Å². The molecule has 4 aromatic carbocycles. The zero-order chi connectivity index (χ0) is 17.4. The first-order valence-corrected chi connectivity index (χ1v) is 12.8. The van der Waals surface area contributed by atoms with Gasteiger partial charge in [-0.15, -0.1) is 0 Å². The van der Waals surface area contributed by atoms with Crippen molar-refractivity contribution in [3.63, 3.8) is 0 Å². The number of hydrogen-bond acceptors (Lipinski definition) is 0. The van der Waals surface area contributed by atoms with Crippen molar-refractivity contribution in [2.75, 3.05) is 0 Å². The summed E-state index contributed by atoms with van der Waals surface area (Å²) in [6.45, 7) is 4.49. The van der Waals surface area contributed by atoms with Gasteiger partial charge in [-0.05, 0) is 32.7 Å². The second kappa shape index (κ2) is 6.33. The highest BCUT2D eigenvalue weighted by atomic mass is 35.6. The van der Waals surface area contributed by atoms with Gasteiger partial charge in [0, 0.05) is 5.54 Å². The molecule has 0 radical (unpaired) electrons. The summed E-state index contributed by atoms with van der Waals surface area (Å²) in [5, 5.41) is 5.14. The lowest BCUT2D eigenvalue weighted by molar-refractivity contribution is 1.11. The molecule has 124 valence electrons. The van der Waals surface area contributed by atoms with E-state index in [1.165, 1.54) is 32.7 Å². The summed E-state index contributed by atoms with van der Waals surface area (Å²) in [6, 6.07) is 30.5. The lowest BCUT2D eigenvalue weighted by Crippen LogP contribution is -2.29. The molecule has 1 unspecified atom stereocenters. The highest BCUT2D eigenvalue weighted by molar-refractivity contribution is 7.20. The van der Waals surface area contributed by atoms with E-state index in [0.29, 0.717) is 0 Å². The van der Waals surface area contributed by atoms with Crippen LogP contribution in [0.25, 0.3) is 21.5 Å². The Morgan fingerprint density at radius 1 is 0.680 bits per heavy atom. The smallest absolute Gasteiger partial charge is 0.162 e. The van der Waals surface area contributed by atoms with Gasteiger partial charge in [-0.1, -0.05) is 98.0 Å². The van der Waals surface area contributed by atoms with Gasteiger partial charge in [-0.25, -0.2) is 0 Å². The summed E-state index contributed by atoms with van der Waals surface area (Å²) in [4.78, 5) is 0. The van der Waals surface area contributed by atoms with Crippen LogP contribution in [-0.4, -0.2) is 7.38 Å². The van der Waals surface area contributed by atoms with Gasteiger partial charge in [0.1, 0.15) is 0 Å². The lowest BCUT2D eigenvalue weighted by atomic mass is 9.96. The lowest BCUT2D eigenvalue weighted by Gasteiger charge is -2.29. The molecule has 0 spiro atoms. The van der Waals surface area contributed by atoms with Crippen LogP contribution < -0.4 is 0 Å². The van der Waals surface area contributed by atoms with Crippen molar-refractivity contribution >= 4 is 40.0 Å². The SMILES string of the molecule is C[Si](C)(Cl)C(c1ccc2ccccc2c1)c1cccc2ccccc12. The van der Waals surface area contributed by atoms with Gasteiger partial charge in [0.15, 0.2) is 7.38 Å². The minimum atomic E-state index is -2.00. The van der Waals surface area contributed by atoms with Crippen molar-refractivity contribution in [3.05, 3.63) is 96.1 Å². The second-order valence-corrected chi connectivity index (χ2v) is 13.8. The molecular weight excluding hydrogens is 340 g/mol. The van der Waals surface area contributed by atoms with Gasteiger partial charge < -0.3 is 0 Å². The van der Waals surface area contributed by atoms with Crippen molar-refractivity contribution in [2.45, 2.75) is 18.6 Å². The largest absolute Gasteiger partial charge is 0.167 e. The second-order valence-electron chi connectivity index (χ2n) is 7.17. The van der Waals surface area contributed by atoms with Crippen molar-refractivity contribution in [3.8, 4) is 0 Å². The van der Waals surface area contributed by atoms with Crippen LogP contribution in [0.3, 0.4) is 0 Å².